The normalized spacial score (nSPS) is 10.5. The quantitative estimate of drug-likeness (QED) is 0.594. The standard InChI is InChI=1S/C19H17ClN2O3S/c1-24-10-11-25-16-9-5-4-8-15(16)22-18(23)17-12-21-19(26-17)13-6-2-3-7-14(13)20/h2-9,12H,10-11H2,1H3,(H,22,23). The first-order chi connectivity index (χ1) is 12.7. The molecule has 1 N–H and O–H groups in total. The van der Waals surface area contributed by atoms with Gasteiger partial charge in [-0.25, -0.2) is 4.98 Å². The van der Waals surface area contributed by atoms with Crippen molar-refractivity contribution in [3.8, 4) is 16.3 Å². The van der Waals surface area contributed by atoms with Crippen LogP contribution in [0.2, 0.25) is 5.02 Å². The Labute approximate surface area is 160 Å². The van der Waals surface area contributed by atoms with Gasteiger partial charge in [0, 0.05) is 12.7 Å². The second kappa shape index (κ2) is 8.80. The number of carbonyl (C=O) groups excluding carboxylic acids is 1. The van der Waals surface area contributed by atoms with Gasteiger partial charge in [0.2, 0.25) is 0 Å². The van der Waals surface area contributed by atoms with Crippen molar-refractivity contribution >= 4 is 34.5 Å². The average Bonchev–Trinajstić information content (AvgIpc) is 3.14. The maximum atomic E-state index is 12.6. The highest BCUT2D eigenvalue weighted by Gasteiger charge is 2.15. The second-order valence-corrected chi connectivity index (χ2v) is 6.74. The van der Waals surface area contributed by atoms with Gasteiger partial charge in [0.25, 0.3) is 5.91 Å². The van der Waals surface area contributed by atoms with Crippen LogP contribution in [0.25, 0.3) is 10.6 Å². The van der Waals surface area contributed by atoms with E-state index >= 15 is 0 Å². The van der Waals surface area contributed by atoms with Gasteiger partial charge in [-0.3, -0.25) is 4.79 Å². The predicted octanol–water partition coefficient (Wildman–Crippen LogP) is 4.74. The summed E-state index contributed by atoms with van der Waals surface area (Å²) in [7, 11) is 1.61. The molecule has 5 nitrogen and oxygen atoms in total. The number of amides is 1. The fraction of sp³-hybridized carbons (Fsp3) is 0.158. The number of thiazole rings is 1. The van der Waals surface area contributed by atoms with E-state index in [2.05, 4.69) is 10.3 Å². The van der Waals surface area contributed by atoms with Gasteiger partial charge in [-0.05, 0) is 18.2 Å². The zero-order valence-electron chi connectivity index (χ0n) is 14.1. The lowest BCUT2D eigenvalue weighted by molar-refractivity contribution is 0.102. The van der Waals surface area contributed by atoms with E-state index in [1.165, 1.54) is 11.3 Å². The molecule has 0 radical (unpaired) electrons. The van der Waals surface area contributed by atoms with Crippen LogP contribution >= 0.6 is 22.9 Å². The van der Waals surface area contributed by atoms with Crippen molar-refractivity contribution in [2.75, 3.05) is 25.6 Å². The molecule has 3 rings (SSSR count). The van der Waals surface area contributed by atoms with Crippen LogP contribution in [-0.4, -0.2) is 31.2 Å². The van der Waals surface area contributed by atoms with E-state index in [-0.39, 0.29) is 5.91 Å². The molecule has 26 heavy (non-hydrogen) atoms. The number of benzene rings is 2. The Balaban J connectivity index is 1.74. The largest absolute Gasteiger partial charge is 0.489 e. The van der Waals surface area contributed by atoms with Crippen LogP contribution in [0.15, 0.2) is 54.7 Å². The van der Waals surface area contributed by atoms with Crippen LogP contribution in [0, 0.1) is 0 Å². The van der Waals surface area contributed by atoms with Crippen LogP contribution in [0.5, 0.6) is 5.75 Å². The Morgan fingerprint density at radius 3 is 2.73 bits per heavy atom. The van der Waals surface area contributed by atoms with Crippen LogP contribution in [-0.2, 0) is 4.74 Å². The summed E-state index contributed by atoms with van der Waals surface area (Å²) >= 11 is 7.48. The summed E-state index contributed by atoms with van der Waals surface area (Å²) in [6.07, 6.45) is 1.55. The van der Waals surface area contributed by atoms with Crippen molar-refractivity contribution in [2.45, 2.75) is 0 Å². The zero-order chi connectivity index (χ0) is 18.4. The first-order valence-corrected chi connectivity index (χ1v) is 9.11. The van der Waals surface area contributed by atoms with E-state index in [4.69, 9.17) is 21.1 Å². The molecule has 0 bridgehead atoms. The third kappa shape index (κ3) is 4.40. The molecule has 3 aromatic rings. The lowest BCUT2D eigenvalue weighted by Gasteiger charge is -2.11. The number of carbonyl (C=O) groups is 1. The van der Waals surface area contributed by atoms with E-state index in [0.717, 1.165) is 5.56 Å². The summed E-state index contributed by atoms with van der Waals surface area (Å²) in [4.78, 5) is 17.4. The number of halogens is 1. The average molecular weight is 389 g/mol. The van der Waals surface area contributed by atoms with E-state index in [1.807, 2.05) is 30.3 Å². The fourth-order valence-corrected chi connectivity index (χ4v) is 3.38. The Hall–Kier alpha value is -2.41. The molecule has 0 fully saturated rings. The summed E-state index contributed by atoms with van der Waals surface area (Å²) < 4.78 is 10.6. The molecule has 0 unspecified atom stereocenters. The van der Waals surface area contributed by atoms with Crippen LogP contribution in [0.4, 0.5) is 5.69 Å². The number of hydrogen-bond donors (Lipinski definition) is 1. The number of aromatic nitrogens is 1. The topological polar surface area (TPSA) is 60.5 Å². The van der Waals surface area contributed by atoms with E-state index in [1.54, 1.807) is 31.5 Å². The fourth-order valence-electron chi connectivity index (χ4n) is 2.25. The molecule has 2 aromatic carbocycles. The number of nitrogens with one attached hydrogen (secondary N) is 1. The van der Waals surface area contributed by atoms with Crippen molar-refractivity contribution in [1.82, 2.24) is 4.98 Å². The van der Waals surface area contributed by atoms with Crippen molar-refractivity contribution in [3.05, 3.63) is 64.6 Å². The number of anilines is 1. The van der Waals surface area contributed by atoms with Crippen LogP contribution in [0.1, 0.15) is 9.67 Å². The lowest BCUT2D eigenvalue weighted by Crippen LogP contribution is -2.12. The van der Waals surface area contributed by atoms with Gasteiger partial charge < -0.3 is 14.8 Å². The number of ether oxygens (including phenoxy) is 2. The maximum absolute atomic E-state index is 12.6. The molecular weight excluding hydrogens is 372 g/mol. The molecule has 0 atom stereocenters. The van der Waals surface area contributed by atoms with Gasteiger partial charge in [0.15, 0.2) is 0 Å². The first-order valence-electron chi connectivity index (χ1n) is 7.92. The van der Waals surface area contributed by atoms with Gasteiger partial charge in [-0.2, -0.15) is 0 Å². The van der Waals surface area contributed by atoms with Gasteiger partial charge in [-0.1, -0.05) is 41.9 Å². The molecule has 1 aromatic heterocycles. The SMILES string of the molecule is COCCOc1ccccc1NC(=O)c1cnc(-c2ccccc2Cl)s1. The molecule has 7 heteroatoms. The Bertz CT molecular complexity index is 898. The second-order valence-electron chi connectivity index (χ2n) is 5.30. The number of nitrogens with zero attached hydrogens (tertiary/aromatic N) is 1. The van der Waals surface area contributed by atoms with E-state index in [9.17, 15) is 4.79 Å². The maximum Gasteiger partial charge on any atom is 0.267 e. The number of rotatable bonds is 7. The number of hydrogen-bond acceptors (Lipinski definition) is 5. The summed E-state index contributed by atoms with van der Waals surface area (Å²) in [5.74, 6) is 0.345. The van der Waals surface area contributed by atoms with Gasteiger partial charge in [0.05, 0.1) is 23.5 Å². The molecule has 0 aliphatic heterocycles. The first kappa shape index (κ1) is 18.4. The summed E-state index contributed by atoms with van der Waals surface area (Å²) in [5.41, 5.74) is 1.41. The van der Waals surface area contributed by atoms with Crippen molar-refractivity contribution in [1.29, 1.82) is 0 Å². The van der Waals surface area contributed by atoms with Crippen LogP contribution in [0.3, 0.4) is 0 Å². The Kier molecular flexibility index (Phi) is 6.22. The zero-order valence-corrected chi connectivity index (χ0v) is 15.6. The van der Waals surface area contributed by atoms with E-state index < -0.39 is 0 Å². The highest BCUT2D eigenvalue weighted by atomic mass is 35.5. The van der Waals surface area contributed by atoms with Crippen molar-refractivity contribution in [2.24, 2.45) is 0 Å². The summed E-state index contributed by atoms with van der Waals surface area (Å²) in [6.45, 7) is 0.874. The van der Waals surface area contributed by atoms with Crippen molar-refractivity contribution < 1.29 is 14.3 Å². The Morgan fingerprint density at radius 2 is 1.92 bits per heavy atom. The predicted molar refractivity (Wildman–Crippen MR) is 104 cm³/mol. The smallest absolute Gasteiger partial charge is 0.267 e. The number of methoxy groups -OCH3 is 1. The highest BCUT2D eigenvalue weighted by Crippen LogP contribution is 2.32. The molecule has 0 aliphatic rings. The molecule has 1 heterocycles. The molecule has 0 saturated heterocycles. The van der Waals surface area contributed by atoms with E-state index in [0.29, 0.717) is 39.6 Å². The minimum atomic E-state index is -0.247. The van der Waals surface area contributed by atoms with Crippen LogP contribution < -0.4 is 10.1 Å². The molecule has 1 amide bonds. The van der Waals surface area contributed by atoms with Gasteiger partial charge in [-0.15, -0.1) is 11.3 Å². The molecule has 134 valence electrons. The minimum absolute atomic E-state index is 0.247. The molecule has 0 spiro atoms. The number of para-hydroxylation sites is 2. The van der Waals surface area contributed by atoms with Gasteiger partial charge >= 0.3 is 0 Å². The van der Waals surface area contributed by atoms with Gasteiger partial charge in [0.1, 0.15) is 22.2 Å². The molecular formula is C19H17ClN2O3S. The summed E-state index contributed by atoms with van der Waals surface area (Å²) in [5, 5.41) is 4.17. The highest BCUT2D eigenvalue weighted by molar-refractivity contribution is 7.17. The minimum Gasteiger partial charge on any atom is -0.489 e. The molecule has 0 aliphatic carbocycles. The third-order valence-electron chi connectivity index (χ3n) is 3.51. The Morgan fingerprint density at radius 1 is 1.15 bits per heavy atom. The molecule has 0 saturated carbocycles. The monoisotopic (exact) mass is 388 g/mol. The summed E-state index contributed by atoms with van der Waals surface area (Å²) in [6, 6.07) is 14.7. The third-order valence-corrected chi connectivity index (χ3v) is 4.87. The van der Waals surface area contributed by atoms with Crippen molar-refractivity contribution in [3.63, 3.8) is 0 Å². The lowest BCUT2D eigenvalue weighted by atomic mass is 10.2.